The number of hydrogen-bond acceptors (Lipinski definition) is 4. The summed E-state index contributed by atoms with van der Waals surface area (Å²) in [6.07, 6.45) is 10.7. The zero-order valence-electron chi connectivity index (χ0n) is 15.8. The molecule has 1 amide bonds. The summed E-state index contributed by atoms with van der Waals surface area (Å²) in [4.78, 5) is 12.3. The molecule has 0 atom stereocenters. The fourth-order valence-electron chi connectivity index (χ4n) is 3.55. The molecule has 2 aliphatic heterocycles. The average Bonchev–Trinajstić information content (AvgIpc) is 2.98. The maximum atomic E-state index is 12.8. The van der Waals surface area contributed by atoms with Crippen molar-refractivity contribution in [3.8, 4) is 0 Å². The van der Waals surface area contributed by atoms with Gasteiger partial charge in [0.2, 0.25) is 10.0 Å². The van der Waals surface area contributed by atoms with Gasteiger partial charge in [0.05, 0.1) is 4.90 Å². The Hall–Kier alpha value is -1.70. The van der Waals surface area contributed by atoms with E-state index < -0.39 is 10.0 Å². The van der Waals surface area contributed by atoms with Crippen molar-refractivity contribution in [2.75, 3.05) is 26.2 Å². The van der Waals surface area contributed by atoms with Crippen LogP contribution >= 0.6 is 0 Å². The maximum absolute atomic E-state index is 12.8. The molecule has 2 fully saturated rings. The first kappa shape index (κ1) is 20.0. The van der Waals surface area contributed by atoms with Gasteiger partial charge in [0.1, 0.15) is 0 Å². The molecule has 2 heterocycles. The second-order valence-corrected chi connectivity index (χ2v) is 9.18. The Morgan fingerprint density at radius 2 is 1.41 bits per heavy atom. The first-order valence-electron chi connectivity index (χ1n) is 9.89. The number of nitrogens with zero attached hydrogens (tertiary/aromatic N) is 2. The Morgan fingerprint density at radius 3 is 2.04 bits per heavy atom. The third-order valence-corrected chi connectivity index (χ3v) is 7.05. The Morgan fingerprint density at radius 1 is 0.852 bits per heavy atom. The second-order valence-electron chi connectivity index (χ2n) is 7.24. The zero-order chi connectivity index (χ0) is 19.1. The van der Waals surface area contributed by atoms with Gasteiger partial charge in [-0.15, -0.1) is 0 Å². The predicted octanol–water partition coefficient (Wildman–Crippen LogP) is 2.78. The van der Waals surface area contributed by atoms with Crippen molar-refractivity contribution >= 4 is 22.0 Å². The number of benzene rings is 1. The third-order valence-electron chi connectivity index (χ3n) is 5.13. The van der Waals surface area contributed by atoms with E-state index in [0.29, 0.717) is 18.0 Å². The lowest BCUT2D eigenvalue weighted by atomic mass is 10.2. The summed E-state index contributed by atoms with van der Waals surface area (Å²) in [5.74, 6) is -0.154. The lowest BCUT2D eigenvalue weighted by Gasteiger charge is -2.26. The van der Waals surface area contributed by atoms with Crippen molar-refractivity contribution in [3.05, 3.63) is 35.9 Å². The van der Waals surface area contributed by atoms with Gasteiger partial charge in [-0.05, 0) is 49.5 Å². The van der Waals surface area contributed by atoms with Crippen molar-refractivity contribution < 1.29 is 13.2 Å². The summed E-state index contributed by atoms with van der Waals surface area (Å²) < 4.78 is 27.1. The van der Waals surface area contributed by atoms with Crippen molar-refractivity contribution in [3.63, 3.8) is 0 Å². The number of carbonyl (C=O) groups is 1. The number of rotatable bonds is 5. The molecule has 7 heteroatoms. The Balaban J connectivity index is 1.59. The maximum Gasteiger partial charge on any atom is 0.258 e. The van der Waals surface area contributed by atoms with Crippen LogP contribution in [0.1, 0.15) is 50.5 Å². The van der Waals surface area contributed by atoms with E-state index in [0.717, 1.165) is 57.2 Å². The van der Waals surface area contributed by atoms with Gasteiger partial charge in [0, 0.05) is 32.3 Å². The van der Waals surface area contributed by atoms with E-state index in [9.17, 15) is 13.2 Å². The molecule has 148 valence electrons. The van der Waals surface area contributed by atoms with Crippen LogP contribution in [0.25, 0.3) is 6.08 Å². The van der Waals surface area contributed by atoms with Crippen LogP contribution < -0.4 is 5.43 Å². The second kappa shape index (κ2) is 9.48. The minimum Gasteiger partial charge on any atom is -0.285 e. The quantitative estimate of drug-likeness (QED) is 0.784. The molecule has 0 radical (unpaired) electrons. The van der Waals surface area contributed by atoms with Gasteiger partial charge in [0.15, 0.2) is 0 Å². The number of piperidine rings is 1. The van der Waals surface area contributed by atoms with Crippen LogP contribution in [-0.4, -0.2) is 49.8 Å². The largest absolute Gasteiger partial charge is 0.285 e. The SMILES string of the molecule is O=C(/C=C/c1ccc(S(=O)(=O)N2CCCCCC2)cc1)NN1CCCCC1. The molecule has 1 N–H and O–H groups in total. The molecular weight excluding hydrogens is 362 g/mol. The van der Waals surface area contributed by atoms with Crippen molar-refractivity contribution in [1.82, 2.24) is 14.7 Å². The van der Waals surface area contributed by atoms with Crippen molar-refractivity contribution in [2.45, 2.75) is 49.8 Å². The highest BCUT2D eigenvalue weighted by Crippen LogP contribution is 2.21. The molecule has 0 spiro atoms. The topological polar surface area (TPSA) is 69.7 Å². The fourth-order valence-corrected chi connectivity index (χ4v) is 5.07. The van der Waals surface area contributed by atoms with E-state index in [-0.39, 0.29) is 5.91 Å². The molecule has 3 rings (SSSR count). The minimum absolute atomic E-state index is 0.154. The molecule has 2 aliphatic rings. The smallest absolute Gasteiger partial charge is 0.258 e. The number of sulfonamides is 1. The first-order valence-corrected chi connectivity index (χ1v) is 11.3. The normalized spacial score (nSPS) is 20.4. The highest BCUT2D eigenvalue weighted by Gasteiger charge is 2.24. The van der Waals surface area contributed by atoms with E-state index in [1.54, 1.807) is 34.6 Å². The van der Waals surface area contributed by atoms with Crippen LogP contribution in [0.4, 0.5) is 0 Å². The Kier molecular flexibility index (Phi) is 7.04. The molecule has 0 unspecified atom stereocenters. The van der Waals surface area contributed by atoms with Gasteiger partial charge in [0.25, 0.3) is 5.91 Å². The molecule has 0 bridgehead atoms. The summed E-state index contributed by atoms with van der Waals surface area (Å²) in [6.45, 7) is 2.98. The molecule has 0 aliphatic carbocycles. The molecule has 27 heavy (non-hydrogen) atoms. The molecule has 0 saturated carbocycles. The number of nitrogens with one attached hydrogen (secondary N) is 1. The monoisotopic (exact) mass is 391 g/mol. The fraction of sp³-hybridized carbons (Fsp3) is 0.550. The lowest BCUT2D eigenvalue weighted by Crippen LogP contribution is -2.44. The Labute approximate surface area is 162 Å². The van der Waals surface area contributed by atoms with Gasteiger partial charge in [-0.1, -0.05) is 31.4 Å². The molecule has 2 saturated heterocycles. The summed E-state index contributed by atoms with van der Waals surface area (Å²) in [5.41, 5.74) is 3.68. The zero-order valence-corrected chi connectivity index (χ0v) is 16.6. The van der Waals surface area contributed by atoms with Gasteiger partial charge < -0.3 is 0 Å². The van der Waals surface area contributed by atoms with Gasteiger partial charge >= 0.3 is 0 Å². The van der Waals surface area contributed by atoms with Crippen molar-refractivity contribution in [1.29, 1.82) is 0 Å². The summed E-state index contributed by atoms with van der Waals surface area (Å²) >= 11 is 0. The minimum atomic E-state index is -3.43. The van der Waals surface area contributed by atoms with Crippen LogP contribution in [0.3, 0.4) is 0 Å². The highest BCUT2D eigenvalue weighted by molar-refractivity contribution is 7.89. The molecule has 1 aromatic carbocycles. The van der Waals surface area contributed by atoms with E-state index in [1.807, 2.05) is 5.01 Å². The number of amides is 1. The van der Waals surface area contributed by atoms with E-state index in [2.05, 4.69) is 5.43 Å². The summed E-state index contributed by atoms with van der Waals surface area (Å²) in [7, 11) is -3.43. The van der Waals surface area contributed by atoms with Gasteiger partial charge in [-0.25, -0.2) is 13.4 Å². The molecule has 1 aromatic rings. The molecule has 0 aromatic heterocycles. The van der Waals surface area contributed by atoms with Gasteiger partial charge in [-0.3, -0.25) is 10.2 Å². The van der Waals surface area contributed by atoms with E-state index in [4.69, 9.17) is 0 Å². The number of hydrazine groups is 1. The number of hydrogen-bond donors (Lipinski definition) is 1. The summed E-state index contributed by atoms with van der Waals surface area (Å²) in [5, 5.41) is 1.95. The van der Waals surface area contributed by atoms with Crippen molar-refractivity contribution in [2.24, 2.45) is 0 Å². The third kappa shape index (κ3) is 5.64. The predicted molar refractivity (Wildman–Crippen MR) is 106 cm³/mol. The average molecular weight is 392 g/mol. The van der Waals surface area contributed by atoms with Crippen LogP contribution in [0.2, 0.25) is 0 Å². The van der Waals surface area contributed by atoms with E-state index >= 15 is 0 Å². The van der Waals surface area contributed by atoms with Crippen LogP contribution in [0, 0.1) is 0 Å². The van der Waals surface area contributed by atoms with Crippen LogP contribution in [0.5, 0.6) is 0 Å². The summed E-state index contributed by atoms with van der Waals surface area (Å²) in [6, 6.07) is 6.75. The molecule has 6 nitrogen and oxygen atoms in total. The number of carbonyl (C=O) groups excluding carboxylic acids is 1. The van der Waals surface area contributed by atoms with E-state index in [1.165, 1.54) is 12.5 Å². The van der Waals surface area contributed by atoms with Crippen LogP contribution in [0.15, 0.2) is 35.2 Å². The standard InChI is InChI=1S/C20H29N3O3S/c24-20(21-22-14-4-3-5-15-22)13-10-18-8-11-19(12-9-18)27(25,26)23-16-6-1-2-7-17-23/h8-13H,1-7,14-17H2,(H,21,24)/b13-10+. The van der Waals surface area contributed by atoms with Gasteiger partial charge in [-0.2, -0.15) is 4.31 Å². The lowest BCUT2D eigenvalue weighted by molar-refractivity contribution is -0.121. The first-order chi connectivity index (χ1) is 13.1. The highest BCUT2D eigenvalue weighted by atomic mass is 32.2. The molecular formula is C20H29N3O3S. The van der Waals surface area contributed by atoms with Crippen LogP contribution in [-0.2, 0) is 14.8 Å². The Bertz CT molecular complexity index is 745.